The number of halogens is 1. The number of methoxy groups -OCH3 is 1. The number of carbonyl (C=O) groups is 2. The minimum atomic E-state index is -4.09. The van der Waals surface area contributed by atoms with E-state index >= 15 is 0 Å². The maximum absolute atomic E-state index is 14.1. The molecule has 4 aromatic rings. The molecule has 0 unspecified atom stereocenters. The van der Waals surface area contributed by atoms with Crippen molar-refractivity contribution in [2.45, 2.75) is 44.0 Å². The highest BCUT2D eigenvalue weighted by Crippen LogP contribution is 2.39. The van der Waals surface area contributed by atoms with Gasteiger partial charge >= 0.3 is 5.97 Å². The van der Waals surface area contributed by atoms with E-state index in [9.17, 15) is 18.0 Å². The van der Waals surface area contributed by atoms with Gasteiger partial charge in [-0.2, -0.15) is 0 Å². The van der Waals surface area contributed by atoms with Gasteiger partial charge in [-0.25, -0.2) is 13.2 Å². The molecule has 1 amide bonds. The zero-order valence-corrected chi connectivity index (χ0v) is 25.0. The number of fused-ring (bicyclic) bond motifs is 1. The molecule has 41 heavy (non-hydrogen) atoms. The standard InChI is InChI=1S/C31H29ClN2O5S2/c1-20-11-17-23(18-12-20)41(37,38)34(19-21-13-15-22(32)16-14-21)26-9-5-3-7-24(26)29(35)33-30-28(31(36)39-2)25-8-4-6-10-27(25)40-30/h3,5,7,9,11-18H,4,6,8,10,19H2,1-2H3,(H,33,35). The third-order valence-corrected chi connectivity index (χ3v) is 10.3. The third kappa shape index (κ3) is 6.02. The van der Waals surface area contributed by atoms with Crippen molar-refractivity contribution in [3.05, 3.63) is 111 Å². The molecular weight excluding hydrogens is 580 g/mol. The number of rotatable bonds is 8. The second-order valence-electron chi connectivity index (χ2n) is 9.83. The van der Waals surface area contributed by atoms with Crippen LogP contribution in [0.2, 0.25) is 5.02 Å². The van der Waals surface area contributed by atoms with Crippen LogP contribution in [0.4, 0.5) is 10.7 Å². The summed E-state index contributed by atoms with van der Waals surface area (Å²) in [6.07, 6.45) is 3.55. The van der Waals surface area contributed by atoms with Gasteiger partial charge in [-0.1, -0.05) is 53.6 Å². The van der Waals surface area contributed by atoms with Crippen molar-refractivity contribution in [1.82, 2.24) is 0 Å². The number of para-hydroxylation sites is 1. The lowest BCUT2D eigenvalue weighted by atomic mass is 9.95. The number of hydrogen-bond acceptors (Lipinski definition) is 6. The highest BCUT2D eigenvalue weighted by molar-refractivity contribution is 7.92. The first-order valence-corrected chi connectivity index (χ1v) is 15.8. The Morgan fingerprint density at radius 2 is 1.66 bits per heavy atom. The first-order chi connectivity index (χ1) is 19.7. The molecule has 5 rings (SSSR count). The Morgan fingerprint density at radius 3 is 2.37 bits per heavy atom. The summed E-state index contributed by atoms with van der Waals surface area (Å²) < 4.78 is 34.4. The predicted octanol–water partition coefficient (Wildman–Crippen LogP) is 7.02. The highest BCUT2D eigenvalue weighted by Gasteiger charge is 2.31. The fourth-order valence-corrected chi connectivity index (χ4v) is 7.79. The minimum Gasteiger partial charge on any atom is -0.465 e. The smallest absolute Gasteiger partial charge is 0.341 e. The van der Waals surface area contributed by atoms with Gasteiger partial charge < -0.3 is 10.1 Å². The molecule has 0 fully saturated rings. The van der Waals surface area contributed by atoms with E-state index in [0.29, 0.717) is 21.2 Å². The number of anilines is 2. The number of ether oxygens (including phenoxy) is 1. The Bertz CT molecular complexity index is 1700. The SMILES string of the molecule is COC(=O)c1c(NC(=O)c2ccccc2N(Cc2ccc(Cl)cc2)S(=O)(=O)c2ccc(C)cc2)sc2c1CCCC2. The quantitative estimate of drug-likeness (QED) is 0.217. The zero-order valence-electron chi connectivity index (χ0n) is 22.6. The Kier molecular flexibility index (Phi) is 8.49. The maximum Gasteiger partial charge on any atom is 0.341 e. The molecule has 0 saturated heterocycles. The van der Waals surface area contributed by atoms with Crippen LogP contribution in [-0.4, -0.2) is 27.4 Å². The lowest BCUT2D eigenvalue weighted by Gasteiger charge is -2.27. The van der Waals surface area contributed by atoms with E-state index in [0.717, 1.165) is 41.7 Å². The average molecular weight is 609 g/mol. The molecule has 1 heterocycles. The lowest BCUT2D eigenvalue weighted by molar-refractivity contribution is 0.0601. The van der Waals surface area contributed by atoms with Crippen LogP contribution < -0.4 is 9.62 Å². The molecule has 7 nitrogen and oxygen atoms in total. The summed E-state index contributed by atoms with van der Waals surface area (Å²) in [7, 11) is -2.77. The Morgan fingerprint density at radius 1 is 0.976 bits per heavy atom. The molecule has 10 heteroatoms. The van der Waals surface area contributed by atoms with Gasteiger partial charge in [-0.05, 0) is 80.1 Å². The number of nitrogens with zero attached hydrogens (tertiary/aromatic N) is 1. The summed E-state index contributed by atoms with van der Waals surface area (Å²) in [6, 6.07) is 20.0. The first-order valence-electron chi connectivity index (χ1n) is 13.2. The van der Waals surface area contributed by atoms with Crippen LogP contribution >= 0.6 is 22.9 Å². The van der Waals surface area contributed by atoms with Crippen molar-refractivity contribution in [2.24, 2.45) is 0 Å². The molecule has 1 aliphatic carbocycles. The minimum absolute atomic E-state index is 0.0294. The van der Waals surface area contributed by atoms with E-state index in [-0.39, 0.29) is 22.7 Å². The van der Waals surface area contributed by atoms with Gasteiger partial charge in [0.2, 0.25) is 0 Å². The van der Waals surface area contributed by atoms with Crippen LogP contribution in [-0.2, 0) is 34.1 Å². The number of amides is 1. The number of esters is 1. The van der Waals surface area contributed by atoms with Crippen LogP contribution in [0.3, 0.4) is 0 Å². The number of thiophene rings is 1. The first kappa shape index (κ1) is 28.9. The number of carbonyl (C=O) groups excluding carboxylic acids is 2. The summed E-state index contributed by atoms with van der Waals surface area (Å²) >= 11 is 7.45. The van der Waals surface area contributed by atoms with Crippen LogP contribution in [0.25, 0.3) is 0 Å². The molecule has 3 aromatic carbocycles. The van der Waals surface area contributed by atoms with Crippen molar-refractivity contribution in [1.29, 1.82) is 0 Å². The molecule has 1 N–H and O–H groups in total. The van der Waals surface area contributed by atoms with Crippen molar-refractivity contribution in [2.75, 3.05) is 16.7 Å². The molecule has 1 aromatic heterocycles. The molecule has 0 aliphatic heterocycles. The number of aryl methyl sites for hydroxylation is 2. The van der Waals surface area contributed by atoms with Crippen molar-refractivity contribution in [3.8, 4) is 0 Å². The van der Waals surface area contributed by atoms with Gasteiger partial charge in [0.25, 0.3) is 15.9 Å². The fourth-order valence-electron chi connectivity index (χ4n) is 4.92. The Labute approximate surface area is 248 Å². The predicted molar refractivity (Wildman–Crippen MR) is 163 cm³/mol. The summed E-state index contributed by atoms with van der Waals surface area (Å²) in [4.78, 5) is 27.7. The van der Waals surface area contributed by atoms with E-state index in [2.05, 4.69) is 5.32 Å². The van der Waals surface area contributed by atoms with E-state index in [1.165, 1.54) is 22.8 Å². The van der Waals surface area contributed by atoms with Crippen LogP contribution in [0, 0.1) is 6.92 Å². The zero-order chi connectivity index (χ0) is 29.1. The summed E-state index contributed by atoms with van der Waals surface area (Å²) in [5.41, 5.74) is 3.28. The molecule has 0 atom stereocenters. The molecule has 212 valence electrons. The van der Waals surface area contributed by atoms with Gasteiger partial charge in [0.15, 0.2) is 0 Å². The van der Waals surface area contributed by atoms with Crippen LogP contribution in [0.15, 0.2) is 77.7 Å². The lowest BCUT2D eigenvalue weighted by Crippen LogP contribution is -2.32. The normalized spacial score (nSPS) is 12.9. The van der Waals surface area contributed by atoms with Gasteiger partial charge in [0.05, 0.1) is 35.4 Å². The van der Waals surface area contributed by atoms with E-state index in [4.69, 9.17) is 16.3 Å². The van der Waals surface area contributed by atoms with Crippen LogP contribution in [0.5, 0.6) is 0 Å². The third-order valence-electron chi connectivity index (χ3n) is 7.05. The second kappa shape index (κ2) is 12.1. The molecular formula is C31H29ClN2O5S2. The van der Waals surface area contributed by atoms with E-state index < -0.39 is 21.9 Å². The van der Waals surface area contributed by atoms with E-state index in [1.807, 2.05) is 6.92 Å². The van der Waals surface area contributed by atoms with Crippen LogP contribution in [0.1, 0.15) is 55.1 Å². The average Bonchev–Trinajstić information content (AvgIpc) is 3.34. The monoisotopic (exact) mass is 608 g/mol. The van der Waals surface area contributed by atoms with Gasteiger partial charge in [0, 0.05) is 9.90 Å². The summed E-state index contributed by atoms with van der Waals surface area (Å²) in [5.74, 6) is -1.02. The molecule has 0 saturated carbocycles. The Hall–Kier alpha value is -3.66. The van der Waals surface area contributed by atoms with Crippen molar-refractivity contribution >= 4 is 55.5 Å². The Balaban J connectivity index is 1.57. The van der Waals surface area contributed by atoms with Gasteiger partial charge in [-0.3, -0.25) is 9.10 Å². The largest absolute Gasteiger partial charge is 0.465 e. The maximum atomic E-state index is 14.1. The topological polar surface area (TPSA) is 92.8 Å². The molecule has 1 aliphatic rings. The summed E-state index contributed by atoms with van der Waals surface area (Å²) in [6.45, 7) is 1.85. The number of nitrogens with one attached hydrogen (secondary N) is 1. The van der Waals surface area contributed by atoms with Crippen molar-refractivity contribution in [3.63, 3.8) is 0 Å². The fraction of sp³-hybridized carbons (Fsp3) is 0.226. The summed E-state index contributed by atoms with van der Waals surface area (Å²) in [5, 5.41) is 3.84. The molecule has 0 spiro atoms. The van der Waals surface area contributed by atoms with Crippen molar-refractivity contribution < 1.29 is 22.7 Å². The second-order valence-corrected chi connectivity index (χ2v) is 13.2. The highest BCUT2D eigenvalue weighted by atomic mass is 35.5. The number of hydrogen-bond donors (Lipinski definition) is 1. The number of sulfonamides is 1. The van der Waals surface area contributed by atoms with Gasteiger partial charge in [-0.15, -0.1) is 11.3 Å². The molecule has 0 bridgehead atoms. The number of benzene rings is 3. The van der Waals surface area contributed by atoms with E-state index in [1.54, 1.807) is 72.8 Å². The molecule has 0 radical (unpaired) electrons. The van der Waals surface area contributed by atoms with Gasteiger partial charge in [0.1, 0.15) is 5.00 Å².